The van der Waals surface area contributed by atoms with Crippen molar-refractivity contribution >= 4 is 35.5 Å². The van der Waals surface area contributed by atoms with Crippen molar-refractivity contribution in [2.75, 3.05) is 13.2 Å². The fourth-order valence-corrected chi connectivity index (χ4v) is 6.30. The number of rotatable bonds is 14. The van der Waals surface area contributed by atoms with E-state index in [0.29, 0.717) is 6.42 Å². The van der Waals surface area contributed by atoms with Crippen LogP contribution in [0.25, 0.3) is 6.08 Å². The van der Waals surface area contributed by atoms with Gasteiger partial charge in [0.2, 0.25) is 5.91 Å². The Hall–Kier alpha value is 1.43. The van der Waals surface area contributed by atoms with E-state index in [1.54, 1.807) is 6.20 Å². The number of nitrogens with zero attached hydrogens (tertiary/aromatic N) is 2. The Kier molecular flexibility index (Phi) is 23.3. The summed E-state index contributed by atoms with van der Waals surface area (Å²) in [6.07, 6.45) is 3.06. The number of imidazole rings is 1. The van der Waals surface area contributed by atoms with Crippen molar-refractivity contribution in [1.29, 1.82) is 0 Å². The second kappa shape index (κ2) is 21.6. The minimum Gasteiger partial charge on any atom is -0.790 e. The fourth-order valence-electron chi connectivity index (χ4n) is 3.43. The fraction of sp³-hybridized carbons (Fsp3) is 0.444. The van der Waals surface area contributed by atoms with Crippen LogP contribution in [0.15, 0.2) is 34.4 Å². The number of hydrogen-bond acceptors (Lipinski definition) is 16. The Bertz CT molecular complexity index is 1520. The first-order chi connectivity index (χ1) is 19.0. The number of carbonyl (C=O) groups is 1. The van der Waals surface area contributed by atoms with E-state index in [4.69, 9.17) is 4.74 Å². The zero-order chi connectivity index (χ0) is 30.4. The Morgan fingerprint density at radius 3 is 2.40 bits per heavy atom. The summed E-state index contributed by atoms with van der Waals surface area (Å²) >= 11 is 0. The number of aliphatic hydroxyl groups is 1. The molecule has 5 atom stereocenters. The van der Waals surface area contributed by atoms with E-state index in [-0.39, 0.29) is 149 Å². The molecule has 4 N–H and O–H groups in total. The van der Waals surface area contributed by atoms with Gasteiger partial charge < -0.3 is 48.8 Å². The zero-order valence-corrected chi connectivity index (χ0v) is 35.2. The number of aromatic amines is 2. The van der Waals surface area contributed by atoms with Gasteiger partial charge in [-0.1, -0.05) is 12.2 Å². The summed E-state index contributed by atoms with van der Waals surface area (Å²) in [6.45, 7) is -1.01. The molecule has 1 aliphatic rings. The quantitative estimate of drug-likeness (QED) is 0.103. The van der Waals surface area contributed by atoms with E-state index in [9.17, 15) is 52.8 Å². The average Bonchev–Trinajstić information content (AvgIpc) is 3.47. The van der Waals surface area contributed by atoms with Gasteiger partial charge in [0.1, 0.15) is 12.3 Å². The van der Waals surface area contributed by atoms with Gasteiger partial charge in [-0.05, 0) is 6.42 Å². The van der Waals surface area contributed by atoms with Crippen LogP contribution < -0.4 is 154 Å². The number of nitrogens with one attached hydrogen (secondary N) is 3. The predicted molar refractivity (Wildman–Crippen MR) is 126 cm³/mol. The predicted octanol–water partition coefficient (Wildman–Crippen LogP) is -15.5. The molecule has 0 aliphatic carbocycles. The van der Waals surface area contributed by atoms with Gasteiger partial charge in [0.15, 0.2) is 0 Å². The van der Waals surface area contributed by atoms with Crippen LogP contribution in [0.1, 0.15) is 30.3 Å². The van der Waals surface area contributed by atoms with Crippen molar-refractivity contribution in [2.45, 2.75) is 37.7 Å². The third-order valence-corrected chi connectivity index (χ3v) is 8.86. The standard InChI is InChI=1S/C18H26N5O15P3.4Na/c24-13-6-16(36-14(13)9-35-40(31,32)38-41(33,34)37-39(28,29)30)23-8-11(17(26)22-18(23)27)2-1-5-20-15(25)4-3-12-7-19-10-21-12;;;;/h1-2,7-8,10,13-14,16,24H,3-6,9H2,(H,19,21)(H,20,25)(H,31,32)(H,33,34)(H,22,26,27)(H2,28,29,30);;;;/q;4*+1/p-4/b2-1+;;;;/t13-,14+,16+;;;;/m0..../s1. The van der Waals surface area contributed by atoms with Crippen LogP contribution in [0, 0.1) is 0 Å². The third kappa shape index (κ3) is 17.3. The number of aliphatic hydroxyl groups excluding tert-OH is 1. The van der Waals surface area contributed by atoms with Crippen LogP contribution in [0.2, 0.25) is 0 Å². The zero-order valence-electron chi connectivity index (χ0n) is 24.6. The topological polar surface area (TPSA) is 313 Å². The SMILES string of the molecule is O=C(CCc1cnc[nH]1)NC/C=C/c1cn([C@H]2C[C@H](O)[C@@H](COP(=O)([O-])OP(=O)([O-])OP(=O)([O-])[O-])O2)c(=O)[nH]c1=O.[Na+].[Na+].[Na+].[Na+]. The van der Waals surface area contributed by atoms with Crippen LogP contribution in [0.4, 0.5) is 0 Å². The van der Waals surface area contributed by atoms with Gasteiger partial charge in [0.25, 0.3) is 21.2 Å². The largest absolute Gasteiger partial charge is 1.00 e. The first-order valence-electron chi connectivity index (χ1n) is 11.3. The third-order valence-electron chi connectivity index (χ3n) is 5.20. The Balaban J connectivity index is 0. The maximum Gasteiger partial charge on any atom is 1.00 e. The molecular weight excluding hydrogens is 711 g/mol. The molecule has 228 valence electrons. The smallest absolute Gasteiger partial charge is 0.790 e. The van der Waals surface area contributed by atoms with Crippen LogP contribution in [-0.2, 0) is 42.8 Å². The molecule has 2 unspecified atom stereocenters. The van der Waals surface area contributed by atoms with Gasteiger partial charge >= 0.3 is 124 Å². The second-order valence-electron chi connectivity index (χ2n) is 8.27. The van der Waals surface area contributed by atoms with E-state index in [0.717, 1.165) is 16.5 Å². The summed E-state index contributed by atoms with van der Waals surface area (Å²) in [4.78, 5) is 88.9. The Morgan fingerprint density at radius 2 is 1.80 bits per heavy atom. The van der Waals surface area contributed by atoms with E-state index in [1.807, 2.05) is 4.98 Å². The number of H-pyrrole nitrogens is 2. The number of aromatic nitrogens is 4. The monoisotopic (exact) mass is 733 g/mol. The molecule has 2 aromatic rings. The average molecular weight is 733 g/mol. The van der Waals surface area contributed by atoms with Gasteiger partial charge in [0, 0.05) is 37.5 Å². The second-order valence-corrected chi connectivity index (χ2v) is 12.5. The molecule has 0 spiro atoms. The van der Waals surface area contributed by atoms with Crippen LogP contribution in [0.3, 0.4) is 0 Å². The molecule has 45 heavy (non-hydrogen) atoms. The number of amides is 1. The van der Waals surface area contributed by atoms with Crippen molar-refractivity contribution in [3.05, 3.63) is 56.9 Å². The van der Waals surface area contributed by atoms with Crippen LogP contribution in [0.5, 0.6) is 0 Å². The van der Waals surface area contributed by atoms with Crippen molar-refractivity contribution in [2.24, 2.45) is 0 Å². The van der Waals surface area contributed by atoms with Crippen LogP contribution in [-0.4, -0.2) is 55.9 Å². The van der Waals surface area contributed by atoms with Gasteiger partial charge in [-0.3, -0.25) is 32.6 Å². The molecular formula is C18H22N5Na4O15P3. The molecule has 0 saturated carbocycles. The number of phosphoric ester groups is 1. The summed E-state index contributed by atoms with van der Waals surface area (Å²) < 4.78 is 50.4. The maximum absolute atomic E-state index is 12.3. The summed E-state index contributed by atoms with van der Waals surface area (Å²) in [5, 5.41) is 12.8. The summed E-state index contributed by atoms with van der Waals surface area (Å²) in [5.74, 6) is -0.265. The Morgan fingerprint density at radius 1 is 1.13 bits per heavy atom. The Labute approximate surface area is 343 Å². The molecule has 0 radical (unpaired) electrons. The molecule has 3 rings (SSSR count). The van der Waals surface area contributed by atoms with E-state index >= 15 is 0 Å². The van der Waals surface area contributed by atoms with E-state index in [2.05, 4.69) is 28.4 Å². The van der Waals surface area contributed by atoms with Gasteiger partial charge in [-0.15, -0.1) is 0 Å². The number of phosphoric acid groups is 3. The number of carbonyl (C=O) groups excluding carboxylic acids is 1. The maximum atomic E-state index is 12.3. The minimum absolute atomic E-state index is 0. The molecule has 20 nitrogen and oxygen atoms in total. The molecule has 1 amide bonds. The molecule has 1 fully saturated rings. The van der Waals surface area contributed by atoms with Crippen molar-refractivity contribution in [3.8, 4) is 0 Å². The van der Waals surface area contributed by atoms with Crippen molar-refractivity contribution in [1.82, 2.24) is 24.8 Å². The molecule has 0 bridgehead atoms. The number of hydrogen-bond donors (Lipinski definition) is 4. The molecule has 1 aliphatic heterocycles. The van der Waals surface area contributed by atoms with Crippen LogP contribution >= 0.6 is 23.5 Å². The molecule has 0 aromatic carbocycles. The first-order valence-corrected chi connectivity index (χ1v) is 15.7. The molecule has 27 heteroatoms. The van der Waals surface area contributed by atoms with Gasteiger partial charge in [0.05, 0.1) is 32.4 Å². The number of ether oxygens (including phenoxy) is 1. The summed E-state index contributed by atoms with van der Waals surface area (Å²) in [5.41, 5.74) is -0.975. The summed E-state index contributed by atoms with van der Waals surface area (Å²) in [7, 11) is -18.2. The van der Waals surface area contributed by atoms with E-state index < -0.39 is 59.8 Å². The molecule has 3 heterocycles. The molecule has 1 saturated heterocycles. The minimum atomic E-state index is -6.17. The number of aryl methyl sites for hydroxylation is 1. The summed E-state index contributed by atoms with van der Waals surface area (Å²) in [6, 6.07) is 0. The van der Waals surface area contributed by atoms with Gasteiger partial charge in [-0.25, -0.2) is 14.1 Å². The van der Waals surface area contributed by atoms with Gasteiger partial charge in [-0.2, -0.15) is 0 Å². The van der Waals surface area contributed by atoms with Crippen molar-refractivity contribution < 1.29 is 179 Å². The molecule has 2 aromatic heterocycles. The van der Waals surface area contributed by atoms with Crippen molar-refractivity contribution in [3.63, 3.8) is 0 Å². The van der Waals surface area contributed by atoms with E-state index in [1.165, 1.54) is 18.5 Å². The normalized spacial score (nSPS) is 20.4. The first kappa shape index (κ1) is 48.5.